The standard InChI is InChI=1S/C19H17N3O/c1-20-13-6-4-12-5-9-17-19(15(12)10-13)21-16-8-7-14(22(2)3)11-18(16)23-17/h4-11H,1-3H3/p+1. The summed E-state index contributed by atoms with van der Waals surface area (Å²) in [6, 6.07) is 16.5. The molecule has 0 aliphatic carbocycles. The minimum atomic E-state index is 0.842. The van der Waals surface area contributed by atoms with Crippen LogP contribution in [-0.2, 0) is 0 Å². The summed E-state index contributed by atoms with van der Waals surface area (Å²) >= 11 is 0. The second kappa shape index (κ2) is 5.09. The summed E-state index contributed by atoms with van der Waals surface area (Å²) < 4.78 is 6.13. The topological polar surface area (TPSA) is 42.9 Å². The van der Waals surface area contributed by atoms with E-state index in [0.717, 1.165) is 38.6 Å². The van der Waals surface area contributed by atoms with Gasteiger partial charge in [-0.1, -0.05) is 12.1 Å². The van der Waals surface area contributed by atoms with E-state index >= 15 is 0 Å². The van der Waals surface area contributed by atoms with Gasteiger partial charge in [0.25, 0.3) is 5.52 Å². The summed E-state index contributed by atoms with van der Waals surface area (Å²) in [5.41, 5.74) is 4.78. The average Bonchev–Trinajstić information content (AvgIpc) is 2.58. The average molecular weight is 304 g/mol. The molecular formula is C19H18N3O+. The third kappa shape index (κ3) is 2.23. The molecule has 1 N–H and O–H groups in total. The fourth-order valence-corrected chi connectivity index (χ4v) is 2.87. The summed E-state index contributed by atoms with van der Waals surface area (Å²) in [6.07, 6.45) is 0. The van der Waals surface area contributed by atoms with Gasteiger partial charge < -0.3 is 9.32 Å². The number of fused-ring (bicyclic) bond motifs is 4. The van der Waals surface area contributed by atoms with E-state index in [-0.39, 0.29) is 0 Å². The second-order valence-corrected chi connectivity index (χ2v) is 5.87. The predicted octanol–water partition coefficient (Wildman–Crippen LogP) is 3.15. The maximum Gasteiger partial charge on any atom is 0.255 e. The second-order valence-electron chi connectivity index (χ2n) is 5.87. The van der Waals surface area contributed by atoms with Crippen LogP contribution in [0.1, 0.15) is 0 Å². The Balaban J connectivity index is 2.10. The first-order chi connectivity index (χ1) is 11.2. The Labute approximate surface area is 133 Å². The van der Waals surface area contributed by atoms with Crippen LogP contribution in [0.25, 0.3) is 33.0 Å². The predicted molar refractivity (Wildman–Crippen MR) is 93.6 cm³/mol. The number of nitrogens with zero attached hydrogens (tertiary/aromatic N) is 2. The first-order valence-electron chi connectivity index (χ1n) is 7.58. The normalized spacial score (nSPS) is 12.4. The molecule has 0 saturated carbocycles. The summed E-state index contributed by atoms with van der Waals surface area (Å²) in [6.45, 7) is 0. The lowest BCUT2D eigenvalue weighted by Gasteiger charge is -2.11. The van der Waals surface area contributed by atoms with Crippen LogP contribution in [-0.4, -0.2) is 21.1 Å². The molecule has 0 unspecified atom stereocenters. The molecule has 0 aliphatic rings. The van der Waals surface area contributed by atoms with Crippen LogP contribution in [0.3, 0.4) is 0 Å². The van der Waals surface area contributed by atoms with Crippen molar-refractivity contribution in [2.24, 2.45) is 4.99 Å². The number of hydrogen-bond acceptors (Lipinski definition) is 3. The molecule has 0 radical (unpaired) electrons. The third-order valence-electron chi connectivity index (χ3n) is 4.19. The number of rotatable bonds is 1. The van der Waals surface area contributed by atoms with Crippen molar-refractivity contribution >= 4 is 38.7 Å². The Hall–Kier alpha value is -2.88. The quantitative estimate of drug-likeness (QED) is 0.400. The van der Waals surface area contributed by atoms with Crippen LogP contribution in [0.15, 0.2) is 57.9 Å². The van der Waals surface area contributed by atoms with E-state index in [9.17, 15) is 0 Å². The molecule has 3 aromatic carbocycles. The van der Waals surface area contributed by atoms with Crippen molar-refractivity contribution in [2.75, 3.05) is 26.0 Å². The Morgan fingerprint density at radius 2 is 1.78 bits per heavy atom. The van der Waals surface area contributed by atoms with E-state index in [2.05, 4.69) is 45.2 Å². The zero-order chi connectivity index (χ0) is 16.0. The van der Waals surface area contributed by atoms with E-state index < -0.39 is 0 Å². The van der Waals surface area contributed by atoms with Gasteiger partial charge in [-0.05, 0) is 29.7 Å². The van der Waals surface area contributed by atoms with E-state index in [4.69, 9.17) is 4.42 Å². The number of aromatic nitrogens is 1. The van der Waals surface area contributed by atoms with E-state index in [1.807, 2.05) is 32.3 Å². The molecule has 114 valence electrons. The molecule has 4 heteroatoms. The van der Waals surface area contributed by atoms with Gasteiger partial charge in [-0.3, -0.25) is 4.99 Å². The van der Waals surface area contributed by atoms with Gasteiger partial charge in [-0.2, -0.15) is 4.98 Å². The lowest BCUT2D eigenvalue weighted by molar-refractivity contribution is -0.310. The van der Waals surface area contributed by atoms with Crippen LogP contribution < -0.4 is 15.2 Å². The maximum absolute atomic E-state index is 6.13. The largest absolute Gasteiger partial charge is 0.443 e. The van der Waals surface area contributed by atoms with Gasteiger partial charge in [0.2, 0.25) is 11.1 Å². The molecule has 1 heterocycles. The number of aromatic amines is 1. The number of H-pyrrole nitrogens is 1. The molecule has 0 saturated heterocycles. The molecule has 4 nitrogen and oxygen atoms in total. The molecule has 23 heavy (non-hydrogen) atoms. The summed E-state index contributed by atoms with van der Waals surface area (Å²) in [7, 11) is 5.85. The van der Waals surface area contributed by atoms with Gasteiger partial charge >= 0.3 is 0 Å². The fraction of sp³-hybridized carbons (Fsp3) is 0.158. The minimum Gasteiger partial charge on any atom is -0.443 e. The highest BCUT2D eigenvalue weighted by Crippen LogP contribution is 2.25. The molecule has 0 amide bonds. The van der Waals surface area contributed by atoms with Gasteiger partial charge in [0.15, 0.2) is 5.58 Å². The smallest absolute Gasteiger partial charge is 0.255 e. The Morgan fingerprint density at radius 3 is 2.57 bits per heavy atom. The van der Waals surface area contributed by atoms with Gasteiger partial charge in [-0.25, -0.2) is 0 Å². The zero-order valence-electron chi connectivity index (χ0n) is 13.4. The van der Waals surface area contributed by atoms with Crippen molar-refractivity contribution in [1.82, 2.24) is 0 Å². The molecule has 0 bridgehead atoms. The van der Waals surface area contributed by atoms with E-state index in [0.29, 0.717) is 0 Å². The summed E-state index contributed by atoms with van der Waals surface area (Å²) in [5.74, 6) is 0. The first-order valence-corrected chi connectivity index (χ1v) is 7.58. The molecular weight excluding hydrogens is 286 g/mol. The fourth-order valence-electron chi connectivity index (χ4n) is 2.87. The van der Waals surface area contributed by atoms with Crippen molar-refractivity contribution in [3.63, 3.8) is 0 Å². The SMILES string of the molecule is CN=c1ccc2ccc3oc4cc(N(C)C)ccc4[nH+]c3c2c1. The van der Waals surface area contributed by atoms with Crippen LogP contribution in [0, 0.1) is 0 Å². The lowest BCUT2D eigenvalue weighted by Crippen LogP contribution is -2.10. The zero-order valence-corrected chi connectivity index (χ0v) is 13.4. The van der Waals surface area contributed by atoms with Crippen LogP contribution in [0.5, 0.6) is 0 Å². The van der Waals surface area contributed by atoms with Crippen LogP contribution in [0.2, 0.25) is 0 Å². The molecule has 4 rings (SSSR count). The number of nitrogens with one attached hydrogen (secondary N) is 1. The van der Waals surface area contributed by atoms with E-state index in [1.54, 1.807) is 7.05 Å². The van der Waals surface area contributed by atoms with Crippen molar-refractivity contribution < 1.29 is 9.40 Å². The monoisotopic (exact) mass is 304 g/mol. The molecule has 4 aromatic rings. The van der Waals surface area contributed by atoms with Gasteiger partial charge in [0.05, 0.1) is 10.7 Å². The highest BCUT2D eigenvalue weighted by atomic mass is 16.3. The van der Waals surface area contributed by atoms with Crippen molar-refractivity contribution in [1.29, 1.82) is 0 Å². The maximum atomic E-state index is 6.13. The van der Waals surface area contributed by atoms with Crippen LogP contribution >= 0.6 is 0 Å². The van der Waals surface area contributed by atoms with Gasteiger partial charge in [-0.15, -0.1) is 0 Å². The third-order valence-corrected chi connectivity index (χ3v) is 4.19. The van der Waals surface area contributed by atoms with Gasteiger partial charge in [0.1, 0.15) is 0 Å². The summed E-state index contributed by atoms with van der Waals surface area (Å²) in [4.78, 5) is 9.85. The molecule has 1 aromatic heterocycles. The van der Waals surface area contributed by atoms with Crippen LogP contribution in [0.4, 0.5) is 5.69 Å². The van der Waals surface area contributed by atoms with Crippen molar-refractivity contribution in [2.45, 2.75) is 0 Å². The lowest BCUT2D eigenvalue weighted by atomic mass is 10.1. The highest BCUT2D eigenvalue weighted by molar-refractivity contribution is 6.02. The van der Waals surface area contributed by atoms with E-state index in [1.165, 1.54) is 5.39 Å². The van der Waals surface area contributed by atoms with Crippen molar-refractivity contribution in [3.05, 3.63) is 53.9 Å². The van der Waals surface area contributed by atoms with Crippen molar-refractivity contribution in [3.8, 4) is 0 Å². The Kier molecular flexibility index (Phi) is 3.05. The number of benzene rings is 3. The highest BCUT2D eigenvalue weighted by Gasteiger charge is 2.13. The number of hydrogen-bond donors (Lipinski definition) is 0. The molecule has 0 spiro atoms. The Bertz CT molecular complexity index is 1110. The minimum absolute atomic E-state index is 0.842. The Morgan fingerprint density at radius 1 is 0.957 bits per heavy atom. The summed E-state index contributed by atoms with van der Waals surface area (Å²) in [5, 5.41) is 3.25. The molecule has 0 aliphatic heterocycles. The number of anilines is 1. The molecule has 0 fully saturated rings. The molecule has 0 atom stereocenters. The van der Waals surface area contributed by atoms with Gasteiger partial charge in [0, 0.05) is 39.0 Å². The first kappa shape index (κ1) is 13.8.